The van der Waals surface area contributed by atoms with Crippen molar-refractivity contribution < 1.29 is 18.3 Å². The molecule has 1 aromatic rings. The molecule has 1 atom stereocenters. The molecule has 1 aromatic carbocycles. The number of hydrogen-bond acceptors (Lipinski definition) is 4. The fourth-order valence-corrected chi connectivity index (χ4v) is 4.19. The van der Waals surface area contributed by atoms with Crippen LogP contribution in [0.2, 0.25) is 0 Å². The third-order valence-corrected chi connectivity index (χ3v) is 5.53. The molecule has 1 aliphatic rings. The second kappa shape index (κ2) is 5.48. The molecule has 106 valence electrons. The maximum absolute atomic E-state index is 12.5. The van der Waals surface area contributed by atoms with Gasteiger partial charge in [0.2, 0.25) is 10.0 Å². The van der Waals surface area contributed by atoms with Gasteiger partial charge in [0.1, 0.15) is 5.75 Å². The molecule has 5 nitrogen and oxygen atoms in total. The molecule has 1 heterocycles. The first-order chi connectivity index (χ1) is 9.00. The molecule has 0 saturated carbocycles. The highest BCUT2D eigenvalue weighted by molar-refractivity contribution is 7.89. The van der Waals surface area contributed by atoms with Crippen LogP contribution in [0.4, 0.5) is 0 Å². The van der Waals surface area contributed by atoms with Crippen LogP contribution < -0.4 is 4.74 Å². The third-order valence-electron chi connectivity index (χ3n) is 3.52. The smallest absolute Gasteiger partial charge is 0.243 e. The summed E-state index contributed by atoms with van der Waals surface area (Å²) in [5.74, 6) is 0.496. The lowest BCUT2D eigenvalue weighted by atomic mass is 10.2. The van der Waals surface area contributed by atoms with Gasteiger partial charge in [-0.05, 0) is 38.0 Å². The molecule has 1 saturated heterocycles. The number of aliphatic hydroxyl groups excluding tert-OH is 1. The molecule has 6 heteroatoms. The zero-order chi connectivity index (χ0) is 14.0. The predicted molar refractivity (Wildman–Crippen MR) is 71.5 cm³/mol. The second-order valence-corrected chi connectivity index (χ2v) is 6.63. The van der Waals surface area contributed by atoms with Gasteiger partial charge in [0, 0.05) is 18.2 Å². The van der Waals surface area contributed by atoms with Crippen molar-refractivity contribution in [2.45, 2.75) is 37.3 Å². The van der Waals surface area contributed by atoms with Crippen LogP contribution in [0.15, 0.2) is 23.1 Å². The van der Waals surface area contributed by atoms with Gasteiger partial charge in [-0.15, -0.1) is 0 Å². The summed E-state index contributed by atoms with van der Waals surface area (Å²) in [6.07, 6.45) is 1.78. The molecule has 1 unspecified atom stereocenters. The lowest BCUT2D eigenvalue weighted by Gasteiger charge is -2.21. The number of sulfonamides is 1. The van der Waals surface area contributed by atoms with Gasteiger partial charge in [0.25, 0.3) is 0 Å². The maximum atomic E-state index is 12.5. The minimum Gasteiger partial charge on any atom is -0.496 e. The number of aliphatic hydroxyl groups is 1. The summed E-state index contributed by atoms with van der Waals surface area (Å²) in [6.45, 7) is 2.23. The topological polar surface area (TPSA) is 66.8 Å². The SMILES string of the molecule is COc1ccc(S(=O)(=O)N2CCCC2C)cc1CO. The van der Waals surface area contributed by atoms with Crippen molar-refractivity contribution in [1.29, 1.82) is 0 Å². The van der Waals surface area contributed by atoms with Crippen LogP contribution in [-0.2, 0) is 16.6 Å². The summed E-state index contributed by atoms with van der Waals surface area (Å²) in [7, 11) is -1.99. The molecular weight excluding hydrogens is 266 g/mol. The average Bonchev–Trinajstić information content (AvgIpc) is 2.84. The van der Waals surface area contributed by atoms with E-state index in [-0.39, 0.29) is 17.5 Å². The zero-order valence-electron chi connectivity index (χ0n) is 11.2. The Labute approximate surface area is 113 Å². The standard InChI is InChI=1S/C13H19NO4S/c1-10-4-3-7-14(10)19(16,17)12-5-6-13(18-2)11(8-12)9-15/h5-6,8,10,15H,3-4,7,9H2,1-2H3. The van der Waals surface area contributed by atoms with Gasteiger partial charge in [0.05, 0.1) is 18.6 Å². The summed E-state index contributed by atoms with van der Waals surface area (Å²) < 4.78 is 31.6. The van der Waals surface area contributed by atoms with E-state index >= 15 is 0 Å². The van der Waals surface area contributed by atoms with E-state index < -0.39 is 10.0 Å². The fraction of sp³-hybridized carbons (Fsp3) is 0.538. The van der Waals surface area contributed by atoms with Crippen molar-refractivity contribution in [3.8, 4) is 5.75 Å². The maximum Gasteiger partial charge on any atom is 0.243 e. The van der Waals surface area contributed by atoms with E-state index in [1.54, 1.807) is 6.07 Å². The van der Waals surface area contributed by atoms with Gasteiger partial charge in [-0.2, -0.15) is 4.31 Å². The van der Waals surface area contributed by atoms with Gasteiger partial charge < -0.3 is 9.84 Å². The van der Waals surface area contributed by atoms with Crippen molar-refractivity contribution in [1.82, 2.24) is 4.31 Å². The van der Waals surface area contributed by atoms with Crippen LogP contribution >= 0.6 is 0 Å². The molecule has 0 spiro atoms. The van der Waals surface area contributed by atoms with E-state index in [0.717, 1.165) is 12.8 Å². The van der Waals surface area contributed by atoms with Crippen LogP contribution in [0.1, 0.15) is 25.3 Å². The summed E-state index contributed by atoms with van der Waals surface area (Å²) in [6, 6.07) is 4.63. The van der Waals surface area contributed by atoms with Gasteiger partial charge in [-0.3, -0.25) is 0 Å². The van der Waals surface area contributed by atoms with Crippen LogP contribution in [-0.4, -0.2) is 37.5 Å². The molecule has 0 aromatic heterocycles. The lowest BCUT2D eigenvalue weighted by Crippen LogP contribution is -2.33. The van der Waals surface area contributed by atoms with E-state index in [2.05, 4.69) is 0 Å². The highest BCUT2D eigenvalue weighted by Crippen LogP contribution is 2.28. The molecule has 0 aliphatic carbocycles. The van der Waals surface area contributed by atoms with Crippen molar-refractivity contribution in [3.63, 3.8) is 0 Å². The number of methoxy groups -OCH3 is 1. The van der Waals surface area contributed by atoms with E-state index in [0.29, 0.717) is 17.9 Å². The van der Waals surface area contributed by atoms with Crippen molar-refractivity contribution >= 4 is 10.0 Å². The Bertz CT molecular complexity index is 556. The van der Waals surface area contributed by atoms with Crippen LogP contribution in [0, 0.1) is 0 Å². The number of ether oxygens (including phenoxy) is 1. The molecule has 1 aliphatic heterocycles. The van der Waals surface area contributed by atoms with Gasteiger partial charge >= 0.3 is 0 Å². The zero-order valence-corrected chi connectivity index (χ0v) is 12.0. The molecule has 0 radical (unpaired) electrons. The van der Waals surface area contributed by atoms with Crippen LogP contribution in [0.5, 0.6) is 5.75 Å². The minimum atomic E-state index is -3.48. The van der Waals surface area contributed by atoms with E-state index in [4.69, 9.17) is 4.74 Å². The highest BCUT2D eigenvalue weighted by atomic mass is 32.2. The molecule has 0 amide bonds. The number of benzene rings is 1. The number of hydrogen-bond donors (Lipinski definition) is 1. The minimum absolute atomic E-state index is 0.0321. The Kier molecular flexibility index (Phi) is 4.13. The molecule has 19 heavy (non-hydrogen) atoms. The van der Waals surface area contributed by atoms with E-state index in [1.807, 2.05) is 6.92 Å². The molecule has 1 fully saturated rings. The largest absolute Gasteiger partial charge is 0.496 e. The summed E-state index contributed by atoms with van der Waals surface area (Å²) in [5.41, 5.74) is 0.482. The van der Waals surface area contributed by atoms with Gasteiger partial charge in [-0.1, -0.05) is 0 Å². The third kappa shape index (κ3) is 2.61. The second-order valence-electron chi connectivity index (χ2n) is 4.74. The fourth-order valence-electron chi connectivity index (χ4n) is 2.44. The van der Waals surface area contributed by atoms with Gasteiger partial charge in [-0.25, -0.2) is 8.42 Å². The highest BCUT2D eigenvalue weighted by Gasteiger charge is 2.32. The van der Waals surface area contributed by atoms with Crippen LogP contribution in [0.3, 0.4) is 0 Å². The first-order valence-electron chi connectivity index (χ1n) is 6.30. The van der Waals surface area contributed by atoms with Crippen molar-refractivity contribution in [2.24, 2.45) is 0 Å². The summed E-state index contributed by atoms with van der Waals surface area (Å²) >= 11 is 0. The molecule has 2 rings (SSSR count). The number of nitrogens with zero attached hydrogens (tertiary/aromatic N) is 1. The molecular formula is C13H19NO4S. The normalized spacial score (nSPS) is 20.7. The average molecular weight is 285 g/mol. The monoisotopic (exact) mass is 285 g/mol. The first kappa shape index (κ1) is 14.3. The first-order valence-corrected chi connectivity index (χ1v) is 7.74. The number of rotatable bonds is 4. The Morgan fingerprint density at radius 2 is 2.21 bits per heavy atom. The lowest BCUT2D eigenvalue weighted by molar-refractivity contribution is 0.273. The molecule has 1 N–H and O–H groups in total. The predicted octanol–water partition coefficient (Wildman–Crippen LogP) is 1.36. The Morgan fingerprint density at radius 1 is 1.47 bits per heavy atom. The Morgan fingerprint density at radius 3 is 2.74 bits per heavy atom. The van der Waals surface area contributed by atoms with E-state index in [9.17, 15) is 13.5 Å². The molecule has 0 bridgehead atoms. The Hall–Kier alpha value is -1.11. The van der Waals surface area contributed by atoms with E-state index in [1.165, 1.54) is 23.5 Å². The quantitative estimate of drug-likeness (QED) is 0.907. The summed E-state index contributed by atoms with van der Waals surface area (Å²) in [4.78, 5) is 0.214. The van der Waals surface area contributed by atoms with Crippen LogP contribution in [0.25, 0.3) is 0 Å². The van der Waals surface area contributed by atoms with Crippen molar-refractivity contribution in [2.75, 3.05) is 13.7 Å². The van der Waals surface area contributed by atoms with Crippen molar-refractivity contribution in [3.05, 3.63) is 23.8 Å². The summed E-state index contributed by atoms with van der Waals surface area (Å²) in [5, 5.41) is 9.27. The Balaban J connectivity index is 2.40. The van der Waals surface area contributed by atoms with Gasteiger partial charge in [0.15, 0.2) is 0 Å².